The first kappa shape index (κ1) is 18.2. The minimum Gasteiger partial charge on any atom is -0.361 e. The van der Waals surface area contributed by atoms with Crippen molar-refractivity contribution in [3.8, 4) is 0 Å². The molecule has 24 heavy (non-hydrogen) atoms. The van der Waals surface area contributed by atoms with Crippen LogP contribution in [0.4, 0.5) is 5.69 Å². The second kappa shape index (κ2) is 6.74. The van der Waals surface area contributed by atoms with Crippen LogP contribution in [0.1, 0.15) is 35.7 Å². The molecule has 0 fully saturated rings. The van der Waals surface area contributed by atoms with Crippen LogP contribution in [0.25, 0.3) is 0 Å². The second-order valence-corrected chi connectivity index (χ2v) is 7.79. The molecule has 0 radical (unpaired) electrons. The van der Waals surface area contributed by atoms with Gasteiger partial charge in [0.25, 0.3) is 5.91 Å². The zero-order valence-electron chi connectivity index (χ0n) is 14.3. The lowest BCUT2D eigenvalue weighted by Crippen LogP contribution is -2.33. The Bertz CT molecular complexity index is 819. The minimum atomic E-state index is -3.54. The predicted octanol–water partition coefficient (Wildman–Crippen LogP) is 2.57. The quantitative estimate of drug-likeness (QED) is 0.894. The lowest BCUT2D eigenvalue weighted by molar-refractivity contribution is 0.102. The molecule has 7 nitrogen and oxygen atoms in total. The summed E-state index contributed by atoms with van der Waals surface area (Å²) in [6.07, 6.45) is 0. The van der Waals surface area contributed by atoms with Crippen LogP contribution in [-0.2, 0) is 10.0 Å². The molecule has 0 saturated heterocycles. The molecule has 0 aliphatic heterocycles. The van der Waals surface area contributed by atoms with E-state index in [-0.39, 0.29) is 16.8 Å². The Hall–Kier alpha value is -2.19. The van der Waals surface area contributed by atoms with E-state index in [1.165, 1.54) is 23.5 Å². The molecule has 0 bridgehead atoms. The molecular weight excluding hydrogens is 330 g/mol. The number of anilines is 1. The van der Waals surface area contributed by atoms with Gasteiger partial charge in [0.15, 0.2) is 0 Å². The monoisotopic (exact) mass is 351 g/mol. The van der Waals surface area contributed by atoms with Gasteiger partial charge in [0, 0.05) is 18.8 Å². The number of nitrogens with zero attached hydrogens (tertiary/aromatic N) is 2. The maximum atomic E-state index is 12.4. The number of carbonyl (C=O) groups excluding carboxylic acids is 1. The van der Waals surface area contributed by atoms with Gasteiger partial charge in [-0.1, -0.05) is 5.16 Å². The van der Waals surface area contributed by atoms with Crippen molar-refractivity contribution in [1.29, 1.82) is 0 Å². The average Bonchev–Trinajstić information content (AvgIpc) is 2.85. The zero-order valence-corrected chi connectivity index (χ0v) is 15.1. The summed E-state index contributed by atoms with van der Waals surface area (Å²) in [5.41, 5.74) is 1.38. The van der Waals surface area contributed by atoms with Crippen molar-refractivity contribution < 1.29 is 17.7 Å². The Morgan fingerprint density at radius 2 is 1.79 bits per heavy atom. The van der Waals surface area contributed by atoms with Crippen molar-refractivity contribution in [2.24, 2.45) is 0 Å². The van der Waals surface area contributed by atoms with Gasteiger partial charge >= 0.3 is 0 Å². The van der Waals surface area contributed by atoms with Crippen LogP contribution in [0.2, 0.25) is 0 Å². The number of aromatic nitrogens is 1. The number of benzene rings is 1. The average molecular weight is 351 g/mol. The lowest BCUT2D eigenvalue weighted by atomic mass is 10.2. The summed E-state index contributed by atoms with van der Waals surface area (Å²) in [5.74, 6) is 0.0870. The van der Waals surface area contributed by atoms with Crippen molar-refractivity contribution in [3.05, 3.63) is 41.3 Å². The van der Waals surface area contributed by atoms with Crippen molar-refractivity contribution in [3.63, 3.8) is 0 Å². The van der Waals surface area contributed by atoms with Crippen molar-refractivity contribution in [2.75, 3.05) is 12.4 Å². The van der Waals surface area contributed by atoms with Gasteiger partial charge in [0.2, 0.25) is 10.0 Å². The number of carbonyl (C=O) groups is 1. The van der Waals surface area contributed by atoms with Gasteiger partial charge in [-0.15, -0.1) is 0 Å². The fourth-order valence-electron chi connectivity index (χ4n) is 2.15. The fraction of sp³-hybridized carbons (Fsp3) is 0.375. The molecule has 1 N–H and O–H groups in total. The molecule has 0 unspecified atom stereocenters. The number of hydrogen-bond donors (Lipinski definition) is 1. The molecule has 1 heterocycles. The van der Waals surface area contributed by atoms with Gasteiger partial charge in [-0.3, -0.25) is 4.79 Å². The van der Waals surface area contributed by atoms with E-state index in [0.29, 0.717) is 22.7 Å². The maximum Gasteiger partial charge on any atom is 0.261 e. The van der Waals surface area contributed by atoms with E-state index < -0.39 is 10.0 Å². The Balaban J connectivity index is 2.20. The summed E-state index contributed by atoms with van der Waals surface area (Å²) in [5, 5.41) is 6.45. The molecule has 130 valence electrons. The molecule has 0 saturated carbocycles. The molecule has 0 aliphatic rings. The molecule has 2 rings (SSSR count). The van der Waals surface area contributed by atoms with Crippen LogP contribution in [0.3, 0.4) is 0 Å². The summed E-state index contributed by atoms with van der Waals surface area (Å²) in [6, 6.07) is 5.90. The number of nitrogens with one attached hydrogen (secondary N) is 1. The highest BCUT2D eigenvalue weighted by Crippen LogP contribution is 2.20. The van der Waals surface area contributed by atoms with E-state index in [0.717, 1.165) is 0 Å². The predicted molar refractivity (Wildman–Crippen MR) is 90.5 cm³/mol. The topological polar surface area (TPSA) is 92.5 Å². The van der Waals surface area contributed by atoms with Gasteiger partial charge < -0.3 is 9.84 Å². The van der Waals surface area contributed by atoms with Crippen LogP contribution >= 0.6 is 0 Å². The Labute approximate surface area is 141 Å². The number of amides is 1. The third-order valence-electron chi connectivity index (χ3n) is 3.78. The molecule has 1 amide bonds. The molecule has 1 aromatic heterocycles. The standard InChI is InChI=1S/C16H21N3O4S/c1-10(2)19(5)24(21,22)14-8-6-13(7-9-14)17-16(20)15-11(3)18-23-12(15)4/h6-10H,1-5H3,(H,17,20). The highest BCUT2D eigenvalue weighted by molar-refractivity contribution is 7.89. The first-order valence-electron chi connectivity index (χ1n) is 7.47. The summed E-state index contributed by atoms with van der Waals surface area (Å²) >= 11 is 0. The first-order valence-corrected chi connectivity index (χ1v) is 8.91. The van der Waals surface area contributed by atoms with Crippen LogP contribution < -0.4 is 5.32 Å². The van der Waals surface area contributed by atoms with Crippen molar-refractivity contribution in [2.45, 2.75) is 38.6 Å². The third-order valence-corrected chi connectivity index (χ3v) is 5.82. The molecule has 0 aliphatic carbocycles. The van der Waals surface area contributed by atoms with Crippen LogP contribution in [0.5, 0.6) is 0 Å². The highest BCUT2D eigenvalue weighted by atomic mass is 32.2. The van der Waals surface area contributed by atoms with E-state index in [2.05, 4.69) is 10.5 Å². The molecule has 0 atom stereocenters. The van der Waals surface area contributed by atoms with E-state index in [4.69, 9.17) is 4.52 Å². The van der Waals surface area contributed by atoms with Crippen molar-refractivity contribution in [1.82, 2.24) is 9.46 Å². The second-order valence-electron chi connectivity index (χ2n) is 5.79. The number of rotatable bonds is 5. The van der Waals surface area contributed by atoms with Crippen LogP contribution in [-0.4, -0.2) is 36.9 Å². The number of hydrogen-bond acceptors (Lipinski definition) is 5. The smallest absolute Gasteiger partial charge is 0.261 e. The van der Waals surface area contributed by atoms with Gasteiger partial charge in [-0.2, -0.15) is 4.31 Å². The summed E-state index contributed by atoms with van der Waals surface area (Å²) in [6.45, 7) is 6.95. The summed E-state index contributed by atoms with van der Waals surface area (Å²) < 4.78 is 31.1. The van der Waals surface area contributed by atoms with Gasteiger partial charge in [-0.25, -0.2) is 8.42 Å². The van der Waals surface area contributed by atoms with Gasteiger partial charge in [-0.05, 0) is 52.0 Å². The lowest BCUT2D eigenvalue weighted by Gasteiger charge is -2.21. The highest BCUT2D eigenvalue weighted by Gasteiger charge is 2.23. The third kappa shape index (κ3) is 3.49. The van der Waals surface area contributed by atoms with Crippen molar-refractivity contribution >= 4 is 21.6 Å². The van der Waals surface area contributed by atoms with Crippen LogP contribution in [0.15, 0.2) is 33.7 Å². The Morgan fingerprint density at radius 1 is 1.21 bits per heavy atom. The van der Waals surface area contributed by atoms with Gasteiger partial charge in [0.1, 0.15) is 11.3 Å². The number of sulfonamides is 1. The largest absolute Gasteiger partial charge is 0.361 e. The fourth-order valence-corrected chi connectivity index (χ4v) is 3.52. The number of aryl methyl sites for hydroxylation is 2. The molecule has 1 aromatic carbocycles. The van der Waals surface area contributed by atoms with Gasteiger partial charge in [0.05, 0.1) is 10.6 Å². The Kier molecular flexibility index (Phi) is 5.10. The minimum absolute atomic E-state index is 0.145. The first-order chi connectivity index (χ1) is 11.1. The van der Waals surface area contributed by atoms with E-state index in [1.807, 2.05) is 0 Å². The van der Waals surface area contributed by atoms with E-state index >= 15 is 0 Å². The maximum absolute atomic E-state index is 12.4. The zero-order chi connectivity index (χ0) is 18.1. The van der Waals surface area contributed by atoms with Crippen LogP contribution in [0, 0.1) is 13.8 Å². The summed E-state index contributed by atoms with van der Waals surface area (Å²) in [4.78, 5) is 12.4. The normalized spacial score (nSPS) is 12.0. The SMILES string of the molecule is Cc1noc(C)c1C(=O)Nc1ccc(S(=O)(=O)N(C)C(C)C)cc1. The summed E-state index contributed by atoms with van der Waals surface area (Å²) in [7, 11) is -2.01. The van der Waals surface area contributed by atoms with E-state index in [1.54, 1.807) is 39.8 Å². The molecule has 8 heteroatoms. The molecule has 0 spiro atoms. The molecule has 2 aromatic rings. The van der Waals surface area contributed by atoms with E-state index in [9.17, 15) is 13.2 Å². The molecular formula is C16H21N3O4S. The Morgan fingerprint density at radius 3 is 2.25 bits per heavy atom.